The number of Topliss-reactive ketones (excluding diaryl/α,β-unsaturated/α-hetero) is 1. The van der Waals surface area contributed by atoms with Gasteiger partial charge in [0.25, 0.3) is 5.91 Å². The van der Waals surface area contributed by atoms with Gasteiger partial charge < -0.3 is 5.32 Å². The van der Waals surface area contributed by atoms with Crippen LogP contribution in [0.25, 0.3) is 0 Å². The zero-order valence-electron chi connectivity index (χ0n) is 21.7. The number of carbonyl (C=O) groups excluding carboxylic acids is 3. The van der Waals surface area contributed by atoms with Crippen LogP contribution in [0.5, 0.6) is 0 Å². The molecule has 2 amide bonds. The Morgan fingerprint density at radius 1 is 0.902 bits per heavy atom. The van der Waals surface area contributed by atoms with Gasteiger partial charge in [-0.3, -0.25) is 19.3 Å². The van der Waals surface area contributed by atoms with Gasteiger partial charge in [0.15, 0.2) is 5.78 Å². The minimum Gasteiger partial charge on any atom is -0.326 e. The third-order valence-electron chi connectivity index (χ3n) is 6.67. The van der Waals surface area contributed by atoms with Crippen molar-refractivity contribution in [3.63, 3.8) is 0 Å². The van der Waals surface area contributed by atoms with Crippen molar-refractivity contribution in [2.45, 2.75) is 56.4 Å². The van der Waals surface area contributed by atoms with E-state index >= 15 is 13.2 Å². The van der Waals surface area contributed by atoms with Crippen molar-refractivity contribution in [3.8, 4) is 0 Å². The maximum Gasteiger partial charge on any atom is 0.421 e. The molecule has 4 rings (SSSR count). The molecule has 0 fully saturated rings. The van der Waals surface area contributed by atoms with Gasteiger partial charge in [0, 0.05) is 30.4 Å². The maximum atomic E-state index is 15.0. The van der Waals surface area contributed by atoms with E-state index in [1.165, 1.54) is 11.6 Å². The molecule has 2 aliphatic rings. The Kier molecular flexibility index (Phi) is 7.14. The smallest absolute Gasteiger partial charge is 0.326 e. The van der Waals surface area contributed by atoms with E-state index in [1.54, 1.807) is 13.8 Å². The number of hydrogen-bond acceptors (Lipinski definition) is 5. The highest BCUT2D eigenvalue weighted by molar-refractivity contribution is 7.89. The van der Waals surface area contributed by atoms with Gasteiger partial charge in [0.2, 0.25) is 21.5 Å². The molecule has 1 unspecified atom stereocenters. The zero-order chi connectivity index (χ0) is 30.8. The Balaban J connectivity index is 1.90. The second-order valence-corrected chi connectivity index (χ2v) is 12.2. The highest BCUT2D eigenvalue weighted by Gasteiger charge is 2.72. The molecular formula is C26H23F6N3O5S. The Morgan fingerprint density at radius 2 is 1.46 bits per heavy atom. The van der Waals surface area contributed by atoms with Gasteiger partial charge in [-0.15, -0.1) is 0 Å². The number of ketones is 1. The first-order valence-corrected chi connectivity index (χ1v) is 13.4. The Morgan fingerprint density at radius 3 is 1.95 bits per heavy atom. The number of nitrogens with zero attached hydrogens (tertiary/aromatic N) is 1. The number of halogens is 6. The third-order valence-corrected chi connectivity index (χ3v) is 8.14. The lowest BCUT2D eigenvalue weighted by Gasteiger charge is -2.35. The Bertz CT molecular complexity index is 1560. The summed E-state index contributed by atoms with van der Waals surface area (Å²) < 4.78 is 112. The molecule has 2 aromatic rings. The summed E-state index contributed by atoms with van der Waals surface area (Å²) in [5, 5.41) is 2.37. The number of rotatable bonds is 5. The fourth-order valence-corrected chi connectivity index (χ4v) is 6.29. The number of nitrogens with one attached hydrogen (secondary N) is 2. The van der Waals surface area contributed by atoms with Crippen molar-refractivity contribution in [3.05, 3.63) is 65.4 Å². The lowest BCUT2D eigenvalue weighted by Crippen LogP contribution is -2.66. The normalized spacial score (nSPS) is 21.2. The predicted molar refractivity (Wildman–Crippen MR) is 134 cm³/mol. The molecule has 0 radical (unpaired) electrons. The van der Waals surface area contributed by atoms with Crippen molar-refractivity contribution in [2.75, 3.05) is 10.2 Å². The Labute approximate surface area is 230 Å². The number of sulfonamides is 1. The van der Waals surface area contributed by atoms with Crippen LogP contribution in [-0.4, -0.2) is 37.7 Å². The summed E-state index contributed by atoms with van der Waals surface area (Å²) in [6.45, 7) is 4.29. The van der Waals surface area contributed by atoms with Crippen LogP contribution in [0.4, 0.5) is 37.7 Å². The molecule has 220 valence electrons. The monoisotopic (exact) mass is 603 g/mol. The summed E-state index contributed by atoms with van der Waals surface area (Å²) in [7, 11) is -5.16. The molecule has 0 saturated heterocycles. The summed E-state index contributed by atoms with van der Waals surface area (Å²) in [6.07, 6.45) is -11.2. The van der Waals surface area contributed by atoms with Crippen LogP contribution in [0.3, 0.4) is 0 Å². The number of hydrogen-bond donors (Lipinski definition) is 2. The number of anilines is 2. The van der Waals surface area contributed by atoms with Crippen LogP contribution in [0.1, 0.15) is 39.2 Å². The second-order valence-electron chi connectivity index (χ2n) is 10.5. The average Bonchev–Trinajstić information content (AvgIpc) is 3.05. The zero-order valence-corrected chi connectivity index (χ0v) is 22.5. The first-order chi connectivity index (χ1) is 18.7. The summed E-state index contributed by atoms with van der Waals surface area (Å²) in [6, 6.07) is 6.69. The summed E-state index contributed by atoms with van der Waals surface area (Å²) in [4.78, 5) is 38.0. The number of amides is 2. The predicted octanol–water partition coefficient (Wildman–Crippen LogP) is 4.93. The highest BCUT2D eigenvalue weighted by Crippen LogP contribution is 2.53. The van der Waals surface area contributed by atoms with Gasteiger partial charge in [-0.1, -0.05) is 13.8 Å². The lowest BCUT2D eigenvalue weighted by atomic mass is 9.72. The molecule has 2 aromatic carbocycles. The van der Waals surface area contributed by atoms with E-state index in [9.17, 15) is 36.0 Å². The van der Waals surface area contributed by atoms with Gasteiger partial charge in [0.1, 0.15) is 0 Å². The van der Waals surface area contributed by atoms with Crippen molar-refractivity contribution in [1.29, 1.82) is 0 Å². The van der Waals surface area contributed by atoms with Crippen molar-refractivity contribution < 1.29 is 49.1 Å². The first kappa shape index (κ1) is 30.2. The minimum atomic E-state index is -5.69. The number of benzene rings is 2. The summed E-state index contributed by atoms with van der Waals surface area (Å²) in [5.41, 5.74) is -8.01. The quantitative estimate of drug-likeness (QED) is 0.471. The molecule has 8 nitrogen and oxygen atoms in total. The topological polar surface area (TPSA) is 113 Å². The molecule has 15 heteroatoms. The molecular weight excluding hydrogens is 580 g/mol. The van der Waals surface area contributed by atoms with Gasteiger partial charge >= 0.3 is 12.4 Å². The van der Waals surface area contributed by atoms with E-state index in [4.69, 9.17) is 0 Å². The maximum absolute atomic E-state index is 15.0. The Hall–Kier alpha value is -3.72. The highest BCUT2D eigenvalue weighted by atomic mass is 32.2. The molecule has 1 heterocycles. The van der Waals surface area contributed by atoms with E-state index in [1.807, 2.05) is 0 Å². The summed E-state index contributed by atoms with van der Waals surface area (Å²) in [5.74, 6) is -3.54. The van der Waals surface area contributed by atoms with Crippen LogP contribution >= 0.6 is 0 Å². The van der Waals surface area contributed by atoms with Crippen LogP contribution in [0, 0.1) is 5.41 Å². The molecule has 1 aliphatic heterocycles. The van der Waals surface area contributed by atoms with E-state index in [2.05, 4.69) is 5.32 Å². The van der Waals surface area contributed by atoms with Crippen molar-refractivity contribution in [2.24, 2.45) is 5.41 Å². The number of alkyl halides is 6. The largest absolute Gasteiger partial charge is 0.421 e. The van der Waals surface area contributed by atoms with Crippen LogP contribution in [-0.2, 0) is 30.6 Å². The second kappa shape index (κ2) is 9.69. The standard InChI is InChI=1S/C26H23F6N3O5S/c1-14(36)33-16-6-10-18(11-7-16)41(39,40)34-24(26(30,31)32)21-19(12-23(2,3)13-20(21)37)35(22(24)38)17-8-4-15(5-9-17)25(27,28)29/h4-11,34H,12-13H2,1-3H3,(H,33,36). The average molecular weight is 604 g/mol. The first-order valence-electron chi connectivity index (χ1n) is 12.0. The fraction of sp³-hybridized carbons (Fsp3) is 0.346. The molecule has 1 aliphatic carbocycles. The minimum absolute atomic E-state index is 0.141. The molecule has 0 saturated carbocycles. The van der Waals surface area contributed by atoms with Crippen LogP contribution < -0.4 is 14.9 Å². The van der Waals surface area contributed by atoms with Crippen molar-refractivity contribution >= 4 is 39.0 Å². The number of carbonyl (C=O) groups is 3. The van der Waals surface area contributed by atoms with Gasteiger partial charge in [0.05, 0.1) is 16.0 Å². The number of allylic oxidation sites excluding steroid dienone is 1. The molecule has 0 spiro atoms. The van der Waals surface area contributed by atoms with E-state index in [-0.39, 0.29) is 12.1 Å². The lowest BCUT2D eigenvalue weighted by molar-refractivity contribution is -0.184. The SMILES string of the molecule is CC(=O)Nc1ccc(S(=O)(=O)NC2(C(F)(F)F)C(=O)N(c3ccc(C(F)(F)F)cc3)C3=C2C(=O)CC(C)(C)C3)cc1. The third kappa shape index (κ3) is 5.35. The van der Waals surface area contributed by atoms with Crippen LogP contribution in [0.2, 0.25) is 0 Å². The summed E-state index contributed by atoms with van der Waals surface area (Å²) >= 11 is 0. The van der Waals surface area contributed by atoms with Crippen LogP contribution in [0.15, 0.2) is 64.7 Å². The van der Waals surface area contributed by atoms with Gasteiger partial charge in [-0.05, 0) is 60.4 Å². The van der Waals surface area contributed by atoms with E-state index < -0.39 is 84.8 Å². The van der Waals surface area contributed by atoms with Gasteiger partial charge in [-0.2, -0.15) is 31.1 Å². The molecule has 0 aromatic heterocycles. The molecule has 1 atom stereocenters. The van der Waals surface area contributed by atoms with Gasteiger partial charge in [-0.25, -0.2) is 8.42 Å². The molecule has 0 bridgehead atoms. The van der Waals surface area contributed by atoms with Crippen molar-refractivity contribution in [1.82, 2.24) is 4.72 Å². The fourth-order valence-electron chi connectivity index (χ4n) is 4.97. The van der Waals surface area contributed by atoms with E-state index in [0.717, 1.165) is 36.4 Å². The molecule has 41 heavy (non-hydrogen) atoms. The van der Waals surface area contributed by atoms with E-state index in [0.29, 0.717) is 17.0 Å². The molecule has 2 N–H and O–H groups in total.